The second-order valence-corrected chi connectivity index (χ2v) is 7.10. The molecule has 2 aromatic rings. The van der Waals surface area contributed by atoms with Gasteiger partial charge in [-0.2, -0.15) is 0 Å². The van der Waals surface area contributed by atoms with Crippen LogP contribution in [0.4, 0.5) is 0 Å². The molecule has 142 valence electrons. The predicted molar refractivity (Wildman–Crippen MR) is 98.9 cm³/mol. The Balaban J connectivity index is 1.72. The molecule has 1 aliphatic heterocycles. The van der Waals surface area contributed by atoms with Crippen LogP contribution in [0.25, 0.3) is 0 Å². The Hall–Kier alpha value is -2.71. The zero-order valence-corrected chi connectivity index (χ0v) is 15.0. The molecule has 0 radical (unpaired) electrons. The summed E-state index contributed by atoms with van der Waals surface area (Å²) in [5.41, 5.74) is 0.652. The number of H-pyrrole nitrogens is 2. The first kappa shape index (κ1) is 17.7. The van der Waals surface area contributed by atoms with Gasteiger partial charge in [0.15, 0.2) is 0 Å². The highest BCUT2D eigenvalue weighted by Crippen LogP contribution is 2.51. The van der Waals surface area contributed by atoms with E-state index in [0.717, 1.165) is 37.6 Å². The summed E-state index contributed by atoms with van der Waals surface area (Å²) in [7, 11) is 1.66. The van der Waals surface area contributed by atoms with Crippen molar-refractivity contribution < 1.29 is 9.53 Å². The van der Waals surface area contributed by atoms with Crippen LogP contribution in [0, 0.1) is 0 Å². The third kappa shape index (κ3) is 2.90. The summed E-state index contributed by atoms with van der Waals surface area (Å²) < 4.78 is 5.90. The Bertz CT molecular complexity index is 946. The van der Waals surface area contributed by atoms with E-state index in [-0.39, 0.29) is 23.3 Å². The van der Waals surface area contributed by atoms with Gasteiger partial charge in [-0.05, 0) is 37.1 Å². The zero-order chi connectivity index (χ0) is 19.0. The largest absolute Gasteiger partial charge is 0.378 e. The van der Waals surface area contributed by atoms with Gasteiger partial charge < -0.3 is 20.4 Å². The number of piperidine rings is 1. The van der Waals surface area contributed by atoms with Crippen LogP contribution < -0.4 is 21.9 Å². The minimum atomic E-state index is -0.711. The highest BCUT2D eigenvalue weighted by molar-refractivity contribution is 5.92. The molecule has 0 bridgehead atoms. The van der Waals surface area contributed by atoms with Gasteiger partial charge in [-0.1, -0.05) is 24.3 Å². The van der Waals surface area contributed by atoms with Gasteiger partial charge in [-0.25, -0.2) is 4.79 Å². The van der Waals surface area contributed by atoms with Gasteiger partial charge in [0, 0.05) is 18.6 Å². The van der Waals surface area contributed by atoms with Crippen molar-refractivity contribution in [2.45, 2.75) is 30.4 Å². The first-order valence-corrected chi connectivity index (χ1v) is 9.02. The summed E-state index contributed by atoms with van der Waals surface area (Å²) in [6.45, 7) is 1.77. The number of benzene rings is 1. The predicted octanol–water partition coefficient (Wildman–Crippen LogP) is 0.184. The lowest BCUT2D eigenvalue weighted by atomic mass is 9.72. The summed E-state index contributed by atoms with van der Waals surface area (Å²) >= 11 is 0. The second kappa shape index (κ2) is 6.79. The standard InChI is InChI=1S/C19H22N4O4/c1-27-16-15(23-17(25)13-10-14(24)22-18(26)21-13)11-4-2-3-5-12(11)19(16)6-8-20-9-7-19/h2-5,10,15-16,20H,6-9H2,1H3,(H,23,25)(H2,21,22,24,26)/t15-,16+/m1/s1. The lowest BCUT2D eigenvalue weighted by Gasteiger charge is -2.40. The van der Waals surface area contributed by atoms with Gasteiger partial charge in [0.25, 0.3) is 11.5 Å². The van der Waals surface area contributed by atoms with Gasteiger partial charge in [0.05, 0.1) is 12.1 Å². The molecule has 2 atom stereocenters. The number of hydrogen-bond donors (Lipinski definition) is 4. The fraction of sp³-hybridized carbons (Fsp3) is 0.421. The van der Waals surface area contributed by atoms with Crippen molar-refractivity contribution in [1.82, 2.24) is 20.6 Å². The normalized spacial score (nSPS) is 23.1. The van der Waals surface area contributed by atoms with Gasteiger partial charge >= 0.3 is 5.69 Å². The van der Waals surface area contributed by atoms with E-state index in [1.54, 1.807) is 7.11 Å². The number of nitrogens with one attached hydrogen (secondary N) is 4. The molecule has 1 aliphatic carbocycles. The third-order valence-corrected chi connectivity index (χ3v) is 5.72. The van der Waals surface area contributed by atoms with Crippen molar-refractivity contribution in [1.29, 1.82) is 0 Å². The van der Waals surface area contributed by atoms with Gasteiger partial charge in [-0.15, -0.1) is 0 Å². The van der Waals surface area contributed by atoms with Crippen molar-refractivity contribution in [2.24, 2.45) is 0 Å². The van der Waals surface area contributed by atoms with E-state index in [1.807, 2.05) is 18.2 Å². The summed E-state index contributed by atoms with van der Waals surface area (Å²) in [5.74, 6) is -0.508. The molecular weight excluding hydrogens is 348 g/mol. The van der Waals surface area contributed by atoms with Crippen LogP contribution in [0.5, 0.6) is 0 Å². The fourth-order valence-corrected chi connectivity index (χ4v) is 4.61. The molecule has 4 rings (SSSR count). The Morgan fingerprint density at radius 2 is 1.93 bits per heavy atom. The van der Waals surface area contributed by atoms with E-state index >= 15 is 0 Å². The molecule has 1 amide bonds. The highest BCUT2D eigenvalue weighted by Gasteiger charge is 2.53. The SMILES string of the molecule is CO[C@H]1[C@H](NC(=O)c2cc(=O)[nH]c(=O)[nH]2)c2ccccc2C12CCNCC2. The van der Waals surface area contributed by atoms with Crippen molar-refractivity contribution in [2.75, 3.05) is 20.2 Å². The zero-order valence-electron chi connectivity index (χ0n) is 15.0. The van der Waals surface area contributed by atoms with E-state index in [9.17, 15) is 14.4 Å². The minimum absolute atomic E-state index is 0.0673. The van der Waals surface area contributed by atoms with E-state index in [0.29, 0.717) is 0 Å². The van der Waals surface area contributed by atoms with Gasteiger partial charge in [0.2, 0.25) is 0 Å². The Labute approximate surface area is 155 Å². The summed E-state index contributed by atoms with van der Waals surface area (Å²) in [4.78, 5) is 40.2. The number of carbonyl (C=O) groups excluding carboxylic acids is 1. The fourth-order valence-electron chi connectivity index (χ4n) is 4.61. The van der Waals surface area contributed by atoms with Crippen LogP contribution >= 0.6 is 0 Å². The molecule has 8 heteroatoms. The molecule has 8 nitrogen and oxygen atoms in total. The molecule has 1 aromatic carbocycles. The number of aromatic amines is 2. The number of ether oxygens (including phenoxy) is 1. The smallest absolute Gasteiger partial charge is 0.326 e. The molecule has 1 spiro atoms. The van der Waals surface area contributed by atoms with E-state index in [2.05, 4.69) is 26.7 Å². The average Bonchev–Trinajstić information content (AvgIpc) is 2.91. The first-order chi connectivity index (χ1) is 13.0. The Morgan fingerprint density at radius 1 is 1.19 bits per heavy atom. The second-order valence-electron chi connectivity index (χ2n) is 7.10. The van der Waals surface area contributed by atoms with Crippen LogP contribution in [-0.4, -0.2) is 42.2 Å². The van der Waals surface area contributed by atoms with Gasteiger partial charge in [0.1, 0.15) is 5.69 Å². The van der Waals surface area contributed by atoms with Gasteiger partial charge in [-0.3, -0.25) is 14.6 Å². The maximum absolute atomic E-state index is 12.7. The number of methoxy groups -OCH3 is 1. The minimum Gasteiger partial charge on any atom is -0.378 e. The molecule has 1 aromatic heterocycles. The lowest BCUT2D eigenvalue weighted by molar-refractivity contribution is 0.00391. The first-order valence-electron chi connectivity index (χ1n) is 9.02. The maximum Gasteiger partial charge on any atom is 0.326 e. The van der Waals surface area contributed by atoms with Crippen LogP contribution in [0.1, 0.15) is 40.5 Å². The topological polar surface area (TPSA) is 116 Å². The number of fused-ring (bicyclic) bond motifs is 2. The van der Waals surface area contributed by atoms with Crippen LogP contribution in [-0.2, 0) is 10.2 Å². The van der Waals surface area contributed by atoms with Crippen molar-refractivity contribution in [3.8, 4) is 0 Å². The molecule has 1 fully saturated rings. The van der Waals surface area contributed by atoms with Crippen molar-refractivity contribution in [3.63, 3.8) is 0 Å². The molecule has 2 aliphatic rings. The van der Waals surface area contributed by atoms with Crippen LogP contribution in [0.15, 0.2) is 39.9 Å². The van der Waals surface area contributed by atoms with Crippen molar-refractivity contribution in [3.05, 3.63) is 68.0 Å². The summed E-state index contributed by atoms with van der Waals surface area (Å²) in [5, 5.41) is 6.36. The van der Waals surface area contributed by atoms with Crippen LogP contribution in [0.3, 0.4) is 0 Å². The average molecular weight is 370 g/mol. The maximum atomic E-state index is 12.7. The Kier molecular flexibility index (Phi) is 4.45. The number of carbonyl (C=O) groups is 1. The summed E-state index contributed by atoms with van der Waals surface area (Å²) in [6, 6.07) is 8.78. The van der Waals surface area contributed by atoms with E-state index in [1.165, 1.54) is 5.56 Å². The number of amides is 1. The third-order valence-electron chi connectivity index (χ3n) is 5.72. The Morgan fingerprint density at radius 3 is 2.63 bits per heavy atom. The number of hydrogen-bond acceptors (Lipinski definition) is 5. The van der Waals surface area contributed by atoms with Crippen molar-refractivity contribution >= 4 is 5.91 Å². The number of rotatable bonds is 3. The molecule has 4 N–H and O–H groups in total. The van der Waals surface area contributed by atoms with Crippen LogP contribution in [0.2, 0.25) is 0 Å². The van der Waals surface area contributed by atoms with E-state index in [4.69, 9.17) is 4.74 Å². The quantitative estimate of drug-likeness (QED) is 0.615. The molecule has 0 saturated carbocycles. The molecule has 1 saturated heterocycles. The lowest BCUT2D eigenvalue weighted by Crippen LogP contribution is -2.49. The molecule has 0 unspecified atom stereocenters. The molecule has 27 heavy (non-hydrogen) atoms. The summed E-state index contributed by atoms with van der Waals surface area (Å²) in [6.07, 6.45) is 1.60. The van der Waals surface area contributed by atoms with E-state index < -0.39 is 17.2 Å². The monoisotopic (exact) mass is 370 g/mol. The highest BCUT2D eigenvalue weighted by atomic mass is 16.5. The molecule has 2 heterocycles. The number of aromatic nitrogens is 2. The molecular formula is C19H22N4O4.